The standard InChI is InChI=1S/C11H14N4O3/c1-15-5-10(17)7-2-6(4-13-14-11(12)18)9(16)3-8(7)15/h2-4,6,10,17H,5H2,1H3,(H3,12,14,18)/b13-4+/t6-,10+/m1/s1. The molecule has 18 heavy (non-hydrogen) atoms. The van der Waals surface area contributed by atoms with E-state index in [0.717, 1.165) is 5.70 Å². The number of carbonyl (C=O) groups excluding carboxylic acids is 2. The van der Waals surface area contributed by atoms with E-state index in [4.69, 9.17) is 5.73 Å². The number of likely N-dealkylation sites (tertiary alicyclic amines) is 1. The lowest BCUT2D eigenvalue weighted by Crippen LogP contribution is -2.26. The molecule has 0 aromatic carbocycles. The highest BCUT2D eigenvalue weighted by Crippen LogP contribution is 2.30. The van der Waals surface area contributed by atoms with Crippen molar-refractivity contribution in [3.8, 4) is 0 Å². The summed E-state index contributed by atoms with van der Waals surface area (Å²) in [5.74, 6) is -0.735. The fourth-order valence-electron chi connectivity index (χ4n) is 2.04. The van der Waals surface area contributed by atoms with E-state index in [1.54, 1.807) is 6.08 Å². The summed E-state index contributed by atoms with van der Waals surface area (Å²) in [5.41, 5.74) is 8.32. The Kier molecular flexibility index (Phi) is 3.15. The van der Waals surface area contributed by atoms with E-state index in [1.807, 2.05) is 17.4 Å². The quantitative estimate of drug-likeness (QED) is 0.429. The monoisotopic (exact) mass is 250 g/mol. The summed E-state index contributed by atoms with van der Waals surface area (Å²) < 4.78 is 0. The number of carbonyl (C=O) groups is 2. The molecule has 1 aliphatic heterocycles. The minimum absolute atomic E-state index is 0.148. The second-order valence-electron chi connectivity index (χ2n) is 4.23. The number of amides is 2. The average molecular weight is 250 g/mol. The molecule has 7 heteroatoms. The molecular weight excluding hydrogens is 236 g/mol. The number of allylic oxidation sites excluding steroid dienone is 2. The number of nitrogens with one attached hydrogen (secondary N) is 1. The summed E-state index contributed by atoms with van der Waals surface area (Å²) in [7, 11) is 1.81. The molecular formula is C11H14N4O3. The molecule has 96 valence electrons. The van der Waals surface area contributed by atoms with Crippen molar-refractivity contribution in [2.45, 2.75) is 6.10 Å². The summed E-state index contributed by atoms with van der Waals surface area (Å²) >= 11 is 0. The van der Waals surface area contributed by atoms with Crippen molar-refractivity contribution < 1.29 is 14.7 Å². The zero-order chi connectivity index (χ0) is 13.3. The molecule has 0 aromatic rings. The second kappa shape index (κ2) is 4.61. The summed E-state index contributed by atoms with van der Waals surface area (Å²) in [6.07, 6.45) is 3.82. The van der Waals surface area contributed by atoms with E-state index in [9.17, 15) is 14.7 Å². The number of primary amides is 1. The van der Waals surface area contributed by atoms with Gasteiger partial charge in [-0.1, -0.05) is 6.08 Å². The van der Waals surface area contributed by atoms with Gasteiger partial charge in [0.05, 0.1) is 12.0 Å². The molecule has 0 bridgehead atoms. The summed E-state index contributed by atoms with van der Waals surface area (Å²) in [4.78, 5) is 24.1. The smallest absolute Gasteiger partial charge is 0.332 e. The molecule has 0 unspecified atom stereocenters. The Morgan fingerprint density at radius 1 is 1.72 bits per heavy atom. The van der Waals surface area contributed by atoms with Crippen molar-refractivity contribution in [1.82, 2.24) is 10.3 Å². The van der Waals surface area contributed by atoms with Gasteiger partial charge in [-0.2, -0.15) is 5.10 Å². The van der Waals surface area contributed by atoms with Crippen LogP contribution in [0.15, 0.2) is 28.5 Å². The van der Waals surface area contributed by atoms with Crippen LogP contribution in [0.3, 0.4) is 0 Å². The fraction of sp³-hybridized carbons (Fsp3) is 0.364. The Bertz CT molecular complexity index is 481. The Balaban J connectivity index is 2.17. The van der Waals surface area contributed by atoms with Crippen molar-refractivity contribution in [2.75, 3.05) is 13.6 Å². The highest BCUT2D eigenvalue weighted by atomic mass is 16.3. The maximum Gasteiger partial charge on any atom is 0.332 e. The van der Waals surface area contributed by atoms with Gasteiger partial charge < -0.3 is 15.7 Å². The van der Waals surface area contributed by atoms with E-state index < -0.39 is 18.1 Å². The summed E-state index contributed by atoms with van der Waals surface area (Å²) in [5, 5.41) is 13.4. The number of nitrogens with two attached hydrogens (primary N) is 1. The van der Waals surface area contributed by atoms with Crippen molar-refractivity contribution in [3.05, 3.63) is 23.4 Å². The van der Waals surface area contributed by atoms with Crippen LogP contribution in [0.5, 0.6) is 0 Å². The highest BCUT2D eigenvalue weighted by Gasteiger charge is 2.33. The van der Waals surface area contributed by atoms with Crippen molar-refractivity contribution in [3.63, 3.8) is 0 Å². The van der Waals surface area contributed by atoms with Crippen molar-refractivity contribution in [1.29, 1.82) is 0 Å². The first kappa shape index (κ1) is 12.3. The van der Waals surface area contributed by atoms with Gasteiger partial charge in [0.2, 0.25) is 0 Å². The molecule has 2 amide bonds. The van der Waals surface area contributed by atoms with Crippen LogP contribution in [0.2, 0.25) is 0 Å². The number of likely N-dealkylation sites (N-methyl/N-ethyl adjacent to an activating group) is 1. The average Bonchev–Trinajstić information content (AvgIpc) is 2.54. The molecule has 1 aliphatic carbocycles. The van der Waals surface area contributed by atoms with Gasteiger partial charge in [0.25, 0.3) is 0 Å². The minimum Gasteiger partial charge on any atom is -0.386 e. The van der Waals surface area contributed by atoms with Gasteiger partial charge in [-0.3, -0.25) is 4.79 Å². The number of β-amino-alcohol motifs (C(OH)–C–C–N with tert-alkyl or cyclic N) is 1. The van der Waals surface area contributed by atoms with E-state index >= 15 is 0 Å². The maximum atomic E-state index is 11.8. The number of aliphatic hydroxyl groups is 1. The van der Waals surface area contributed by atoms with Gasteiger partial charge in [0, 0.05) is 37.2 Å². The number of nitrogens with zero attached hydrogens (tertiary/aromatic N) is 2. The number of fused-ring (bicyclic) bond motifs is 1. The fourth-order valence-corrected chi connectivity index (χ4v) is 2.04. The predicted molar refractivity (Wildman–Crippen MR) is 64.5 cm³/mol. The van der Waals surface area contributed by atoms with Gasteiger partial charge in [-0.25, -0.2) is 10.2 Å². The molecule has 2 rings (SSSR count). The molecule has 1 saturated heterocycles. The Morgan fingerprint density at radius 3 is 3.11 bits per heavy atom. The van der Waals surface area contributed by atoms with Gasteiger partial charge in [0.15, 0.2) is 5.78 Å². The van der Waals surface area contributed by atoms with Crippen molar-refractivity contribution in [2.24, 2.45) is 16.8 Å². The number of ketones is 1. The number of hydrazone groups is 1. The van der Waals surface area contributed by atoms with E-state index in [1.165, 1.54) is 12.3 Å². The van der Waals surface area contributed by atoms with Crippen LogP contribution >= 0.6 is 0 Å². The third kappa shape index (κ3) is 2.25. The normalized spacial score (nSPS) is 27.0. The first-order valence-electron chi connectivity index (χ1n) is 5.44. The number of hydrogen-bond acceptors (Lipinski definition) is 5. The van der Waals surface area contributed by atoms with Gasteiger partial charge in [-0.05, 0) is 0 Å². The first-order valence-corrected chi connectivity index (χ1v) is 5.44. The Morgan fingerprint density at radius 2 is 2.44 bits per heavy atom. The molecule has 4 N–H and O–H groups in total. The van der Waals surface area contributed by atoms with Crippen LogP contribution in [0.1, 0.15) is 0 Å². The molecule has 2 aliphatic rings. The third-order valence-corrected chi connectivity index (χ3v) is 2.89. The summed E-state index contributed by atoms with van der Waals surface area (Å²) in [6, 6.07) is -0.793. The lowest BCUT2D eigenvalue weighted by atomic mass is 9.93. The predicted octanol–water partition coefficient (Wildman–Crippen LogP) is -1.04. The van der Waals surface area contributed by atoms with Crippen LogP contribution in [0.25, 0.3) is 0 Å². The maximum absolute atomic E-state index is 11.8. The minimum atomic E-state index is -0.793. The van der Waals surface area contributed by atoms with Gasteiger partial charge >= 0.3 is 6.03 Å². The van der Waals surface area contributed by atoms with Crippen LogP contribution in [-0.2, 0) is 4.79 Å². The Labute approximate surface area is 104 Å². The van der Waals surface area contributed by atoms with Crippen LogP contribution in [0, 0.1) is 5.92 Å². The molecule has 0 saturated carbocycles. The van der Waals surface area contributed by atoms with Crippen LogP contribution in [0.4, 0.5) is 4.79 Å². The zero-order valence-corrected chi connectivity index (χ0v) is 9.83. The lowest BCUT2D eigenvalue weighted by molar-refractivity contribution is -0.115. The van der Waals surface area contributed by atoms with Crippen LogP contribution in [-0.4, -0.2) is 47.7 Å². The van der Waals surface area contributed by atoms with E-state index in [-0.39, 0.29) is 5.78 Å². The molecule has 2 atom stereocenters. The highest BCUT2D eigenvalue weighted by molar-refractivity contribution is 6.05. The Hall–Kier alpha value is -2.15. The van der Waals surface area contributed by atoms with Gasteiger partial charge in [0.1, 0.15) is 0 Å². The molecule has 1 heterocycles. The number of rotatable bonds is 2. The molecule has 1 fully saturated rings. The lowest BCUT2D eigenvalue weighted by Gasteiger charge is -2.17. The van der Waals surface area contributed by atoms with E-state index in [0.29, 0.717) is 12.1 Å². The first-order chi connectivity index (χ1) is 8.49. The zero-order valence-electron chi connectivity index (χ0n) is 9.83. The number of urea groups is 1. The molecule has 7 nitrogen and oxygen atoms in total. The second-order valence-corrected chi connectivity index (χ2v) is 4.23. The molecule has 0 radical (unpaired) electrons. The largest absolute Gasteiger partial charge is 0.386 e. The topological polar surface area (TPSA) is 108 Å². The molecule has 0 aromatic heterocycles. The van der Waals surface area contributed by atoms with Gasteiger partial charge in [-0.15, -0.1) is 0 Å². The molecule has 0 spiro atoms. The van der Waals surface area contributed by atoms with E-state index in [2.05, 4.69) is 5.10 Å². The third-order valence-electron chi connectivity index (χ3n) is 2.89. The number of hydrogen-bond donors (Lipinski definition) is 3. The SMILES string of the molecule is CN1C[C@H](O)C2=C[C@H](/C=N/NC(N)=O)C(=O)C=C21. The van der Waals surface area contributed by atoms with Crippen LogP contribution < -0.4 is 11.2 Å². The summed E-state index contributed by atoms with van der Waals surface area (Å²) in [6.45, 7) is 0.467. The number of aliphatic hydroxyl groups excluding tert-OH is 1. The van der Waals surface area contributed by atoms with Crippen molar-refractivity contribution >= 4 is 18.0 Å².